The molecule has 6 heteroatoms. The SMILES string of the molecule is Cc1nn(CCC(C)C)c(NC2=NCCN2)c1Br. The molecule has 1 aliphatic rings. The van der Waals surface area contributed by atoms with E-state index in [2.05, 4.69) is 50.5 Å². The lowest BCUT2D eigenvalue weighted by Crippen LogP contribution is -2.27. The third kappa shape index (κ3) is 3.04. The first-order valence-electron chi connectivity index (χ1n) is 6.36. The molecule has 0 fully saturated rings. The van der Waals surface area contributed by atoms with Crippen molar-refractivity contribution in [1.29, 1.82) is 0 Å². The number of hydrogen-bond acceptors (Lipinski definition) is 4. The Bertz CT molecular complexity index is 450. The molecule has 1 aromatic heterocycles. The van der Waals surface area contributed by atoms with Gasteiger partial charge in [0.25, 0.3) is 0 Å². The predicted octanol–water partition coefficient (Wildman–Crippen LogP) is 2.37. The van der Waals surface area contributed by atoms with Crippen LogP contribution >= 0.6 is 15.9 Å². The highest BCUT2D eigenvalue weighted by Crippen LogP contribution is 2.26. The topological polar surface area (TPSA) is 54.2 Å². The minimum Gasteiger partial charge on any atom is -0.354 e. The van der Waals surface area contributed by atoms with E-state index in [-0.39, 0.29) is 0 Å². The average Bonchev–Trinajstić information content (AvgIpc) is 2.91. The molecule has 1 aliphatic heterocycles. The minimum atomic E-state index is 0.670. The van der Waals surface area contributed by atoms with Gasteiger partial charge < -0.3 is 10.6 Å². The molecule has 100 valence electrons. The summed E-state index contributed by atoms with van der Waals surface area (Å²) in [7, 11) is 0. The normalized spacial score (nSPS) is 14.8. The van der Waals surface area contributed by atoms with Crippen LogP contribution in [0.5, 0.6) is 0 Å². The fourth-order valence-corrected chi connectivity index (χ4v) is 2.20. The molecule has 0 aromatic carbocycles. The van der Waals surface area contributed by atoms with Crippen molar-refractivity contribution in [3.63, 3.8) is 0 Å². The maximum atomic E-state index is 4.55. The van der Waals surface area contributed by atoms with E-state index in [9.17, 15) is 0 Å². The third-order valence-corrected chi connectivity index (χ3v) is 3.83. The summed E-state index contributed by atoms with van der Waals surface area (Å²) < 4.78 is 3.03. The molecule has 0 bridgehead atoms. The maximum Gasteiger partial charge on any atom is 0.197 e. The second-order valence-corrected chi connectivity index (χ2v) is 5.73. The molecule has 0 amide bonds. The molecule has 0 unspecified atom stereocenters. The van der Waals surface area contributed by atoms with Crippen LogP contribution in [0, 0.1) is 12.8 Å². The number of aromatic nitrogens is 2. The van der Waals surface area contributed by atoms with Crippen LogP contribution in [-0.2, 0) is 6.54 Å². The van der Waals surface area contributed by atoms with E-state index in [1.165, 1.54) is 0 Å². The zero-order valence-corrected chi connectivity index (χ0v) is 12.7. The molecule has 2 heterocycles. The Morgan fingerprint density at radius 3 is 2.89 bits per heavy atom. The minimum absolute atomic E-state index is 0.670. The molecular formula is C12H20BrN5. The van der Waals surface area contributed by atoms with E-state index >= 15 is 0 Å². The molecule has 0 saturated carbocycles. The summed E-state index contributed by atoms with van der Waals surface area (Å²) in [6, 6.07) is 0. The molecule has 1 aromatic rings. The number of aryl methyl sites for hydroxylation is 2. The van der Waals surface area contributed by atoms with Gasteiger partial charge in [-0.15, -0.1) is 0 Å². The van der Waals surface area contributed by atoms with Gasteiger partial charge in [-0.05, 0) is 35.2 Å². The van der Waals surface area contributed by atoms with Crippen molar-refractivity contribution in [3.05, 3.63) is 10.2 Å². The van der Waals surface area contributed by atoms with Crippen LogP contribution in [0.25, 0.3) is 0 Å². The first kappa shape index (κ1) is 13.4. The van der Waals surface area contributed by atoms with Crippen molar-refractivity contribution in [3.8, 4) is 0 Å². The van der Waals surface area contributed by atoms with Crippen LogP contribution < -0.4 is 10.6 Å². The second-order valence-electron chi connectivity index (χ2n) is 4.94. The molecule has 18 heavy (non-hydrogen) atoms. The average molecular weight is 314 g/mol. The van der Waals surface area contributed by atoms with Crippen molar-refractivity contribution in [2.45, 2.75) is 33.7 Å². The molecule has 2 rings (SSSR count). The quantitative estimate of drug-likeness (QED) is 0.897. The van der Waals surface area contributed by atoms with Gasteiger partial charge in [-0.1, -0.05) is 13.8 Å². The largest absolute Gasteiger partial charge is 0.354 e. The number of hydrogen-bond donors (Lipinski definition) is 2. The fraction of sp³-hybridized carbons (Fsp3) is 0.667. The molecular weight excluding hydrogens is 294 g/mol. The maximum absolute atomic E-state index is 4.55. The Labute approximate surface area is 116 Å². The van der Waals surface area contributed by atoms with Gasteiger partial charge in [0.05, 0.1) is 16.7 Å². The smallest absolute Gasteiger partial charge is 0.197 e. The number of anilines is 1. The van der Waals surface area contributed by atoms with Gasteiger partial charge in [-0.25, -0.2) is 4.68 Å². The summed E-state index contributed by atoms with van der Waals surface area (Å²) in [6.45, 7) is 9.10. The highest BCUT2D eigenvalue weighted by molar-refractivity contribution is 9.10. The van der Waals surface area contributed by atoms with Crippen LogP contribution in [0.4, 0.5) is 5.82 Å². The van der Waals surface area contributed by atoms with Crippen LogP contribution in [0.15, 0.2) is 9.47 Å². The van der Waals surface area contributed by atoms with Gasteiger partial charge in [0.15, 0.2) is 5.96 Å². The number of rotatable bonds is 4. The van der Waals surface area contributed by atoms with Crippen LogP contribution in [-0.4, -0.2) is 28.8 Å². The highest BCUT2D eigenvalue weighted by atomic mass is 79.9. The number of nitrogens with zero attached hydrogens (tertiary/aromatic N) is 3. The highest BCUT2D eigenvalue weighted by Gasteiger charge is 2.16. The zero-order chi connectivity index (χ0) is 13.1. The van der Waals surface area contributed by atoms with Crippen LogP contribution in [0.2, 0.25) is 0 Å². The molecule has 0 atom stereocenters. The van der Waals surface area contributed by atoms with Crippen molar-refractivity contribution in [2.75, 3.05) is 18.4 Å². The molecule has 0 spiro atoms. The number of aliphatic imine (C=N–C) groups is 1. The van der Waals surface area contributed by atoms with Gasteiger partial charge in [-0.2, -0.15) is 5.10 Å². The molecule has 0 saturated heterocycles. The van der Waals surface area contributed by atoms with Crippen LogP contribution in [0.3, 0.4) is 0 Å². The summed E-state index contributed by atoms with van der Waals surface area (Å²) >= 11 is 3.59. The van der Waals surface area contributed by atoms with Gasteiger partial charge >= 0.3 is 0 Å². The first-order chi connectivity index (χ1) is 8.58. The molecule has 5 nitrogen and oxygen atoms in total. The predicted molar refractivity (Wildman–Crippen MR) is 78.0 cm³/mol. The van der Waals surface area contributed by atoms with Crippen molar-refractivity contribution in [1.82, 2.24) is 15.1 Å². The summed E-state index contributed by atoms with van der Waals surface area (Å²) in [4.78, 5) is 4.35. The van der Waals surface area contributed by atoms with E-state index in [1.54, 1.807) is 0 Å². The Morgan fingerprint density at radius 1 is 1.50 bits per heavy atom. The van der Waals surface area contributed by atoms with E-state index in [0.717, 1.165) is 48.0 Å². The molecule has 0 aliphatic carbocycles. The van der Waals surface area contributed by atoms with Crippen molar-refractivity contribution >= 4 is 27.7 Å². The van der Waals surface area contributed by atoms with E-state index in [4.69, 9.17) is 0 Å². The Hall–Kier alpha value is -1.04. The van der Waals surface area contributed by atoms with E-state index in [0.29, 0.717) is 5.92 Å². The Kier molecular flexibility index (Phi) is 4.27. The van der Waals surface area contributed by atoms with Gasteiger partial charge in [0.1, 0.15) is 5.82 Å². The number of halogens is 1. The number of nitrogens with one attached hydrogen (secondary N) is 2. The van der Waals surface area contributed by atoms with E-state index < -0.39 is 0 Å². The summed E-state index contributed by atoms with van der Waals surface area (Å²) in [5.41, 5.74) is 1.000. The fourth-order valence-electron chi connectivity index (χ4n) is 1.82. The van der Waals surface area contributed by atoms with Gasteiger partial charge in [0, 0.05) is 13.1 Å². The van der Waals surface area contributed by atoms with Gasteiger partial charge in [0.2, 0.25) is 0 Å². The summed E-state index contributed by atoms with van der Waals surface area (Å²) in [6.07, 6.45) is 1.11. The lowest BCUT2D eigenvalue weighted by Gasteiger charge is -2.11. The first-order valence-corrected chi connectivity index (χ1v) is 7.15. The second kappa shape index (κ2) is 5.73. The lowest BCUT2D eigenvalue weighted by molar-refractivity contribution is 0.489. The van der Waals surface area contributed by atoms with Gasteiger partial charge in [-0.3, -0.25) is 4.99 Å². The molecule has 2 N–H and O–H groups in total. The van der Waals surface area contributed by atoms with Crippen molar-refractivity contribution < 1.29 is 0 Å². The van der Waals surface area contributed by atoms with Crippen LogP contribution in [0.1, 0.15) is 26.0 Å². The molecule has 0 radical (unpaired) electrons. The van der Waals surface area contributed by atoms with Crippen molar-refractivity contribution in [2.24, 2.45) is 10.9 Å². The summed E-state index contributed by atoms with van der Waals surface area (Å²) in [5.74, 6) is 2.49. The zero-order valence-electron chi connectivity index (χ0n) is 11.1. The lowest BCUT2D eigenvalue weighted by atomic mass is 10.1. The monoisotopic (exact) mass is 313 g/mol. The van der Waals surface area contributed by atoms with E-state index in [1.807, 2.05) is 11.6 Å². The third-order valence-electron chi connectivity index (χ3n) is 2.88. The standard InChI is InChI=1S/C12H20BrN5/c1-8(2)4-7-18-11(10(13)9(3)17-18)16-12-14-5-6-15-12/h8H,4-7H2,1-3H3,(H2,14,15,16). The summed E-state index contributed by atoms with van der Waals surface area (Å²) in [5, 5.41) is 11.1. The number of guanidine groups is 1. The Balaban J connectivity index is 2.15. The Morgan fingerprint density at radius 2 is 2.28 bits per heavy atom.